The number of likely N-dealkylation sites (tertiary alicyclic amines) is 2. The minimum absolute atomic E-state index is 0.00459. The van der Waals surface area contributed by atoms with Crippen molar-refractivity contribution in [3.8, 4) is 0 Å². The van der Waals surface area contributed by atoms with Crippen molar-refractivity contribution in [3.63, 3.8) is 0 Å². The van der Waals surface area contributed by atoms with Crippen LogP contribution in [0.3, 0.4) is 0 Å². The number of para-hydroxylation sites is 1. The molecule has 1 atom stereocenters. The van der Waals surface area contributed by atoms with Gasteiger partial charge >= 0.3 is 0 Å². The maximum atomic E-state index is 12.7. The number of hydrogen-bond donors (Lipinski definition) is 1. The molecule has 0 spiro atoms. The van der Waals surface area contributed by atoms with E-state index in [0.29, 0.717) is 43.4 Å². The van der Waals surface area contributed by atoms with Crippen LogP contribution in [0.25, 0.3) is 10.9 Å². The van der Waals surface area contributed by atoms with Gasteiger partial charge in [-0.1, -0.05) is 12.1 Å². The van der Waals surface area contributed by atoms with E-state index >= 15 is 0 Å². The molecule has 1 aromatic carbocycles. The van der Waals surface area contributed by atoms with E-state index in [-0.39, 0.29) is 36.3 Å². The highest BCUT2D eigenvalue weighted by molar-refractivity contribution is 5.89. The molecule has 8 nitrogen and oxygen atoms in total. The Morgan fingerprint density at radius 3 is 2.64 bits per heavy atom. The summed E-state index contributed by atoms with van der Waals surface area (Å²) in [5, 5.41) is 11.5. The smallest absolute Gasteiger partial charge is 0.261 e. The Morgan fingerprint density at radius 1 is 1.25 bits per heavy atom. The highest BCUT2D eigenvalue weighted by Crippen LogP contribution is 2.27. The van der Waals surface area contributed by atoms with Crippen LogP contribution in [0.4, 0.5) is 0 Å². The summed E-state index contributed by atoms with van der Waals surface area (Å²) in [4.78, 5) is 44.6. The van der Waals surface area contributed by atoms with Gasteiger partial charge in [0.25, 0.3) is 5.56 Å². The molecule has 2 aromatic rings. The number of fused-ring (bicyclic) bond motifs is 1. The normalized spacial score (nSPS) is 22.1. The van der Waals surface area contributed by atoms with Crippen molar-refractivity contribution in [2.75, 3.05) is 26.7 Å². The summed E-state index contributed by atoms with van der Waals surface area (Å²) in [5.74, 6) is -0.324. The first-order valence-electron chi connectivity index (χ1n) is 9.56. The maximum Gasteiger partial charge on any atom is 0.261 e. The Morgan fingerprint density at radius 2 is 1.96 bits per heavy atom. The summed E-state index contributed by atoms with van der Waals surface area (Å²) in [6.07, 6.45) is 2.50. The standard InChI is InChI=1S/C20H24N4O4/c1-22-11-14(10-17(22)25)18(26)23-8-6-20(28,7-9-23)12-24-13-21-16-5-3-2-4-15(16)19(24)27/h2-5,13-14,28H,6-12H2,1H3. The van der Waals surface area contributed by atoms with Crippen LogP contribution in [-0.2, 0) is 16.1 Å². The molecule has 2 fully saturated rings. The minimum atomic E-state index is -1.06. The van der Waals surface area contributed by atoms with Gasteiger partial charge in [-0.3, -0.25) is 19.0 Å². The zero-order valence-electron chi connectivity index (χ0n) is 15.9. The highest BCUT2D eigenvalue weighted by atomic mass is 16.3. The minimum Gasteiger partial charge on any atom is -0.388 e. The number of piperidine rings is 1. The first-order valence-corrected chi connectivity index (χ1v) is 9.56. The second-order valence-electron chi connectivity index (χ2n) is 7.92. The van der Waals surface area contributed by atoms with Crippen molar-refractivity contribution >= 4 is 22.7 Å². The monoisotopic (exact) mass is 384 g/mol. The Bertz CT molecular complexity index is 978. The van der Waals surface area contributed by atoms with Crippen LogP contribution in [0.5, 0.6) is 0 Å². The van der Waals surface area contributed by atoms with E-state index < -0.39 is 5.60 Å². The lowest BCUT2D eigenvalue weighted by molar-refractivity contribution is -0.140. The number of benzene rings is 1. The van der Waals surface area contributed by atoms with Crippen molar-refractivity contribution in [2.24, 2.45) is 5.92 Å². The molecule has 3 heterocycles. The Kier molecular flexibility index (Phi) is 4.66. The highest BCUT2D eigenvalue weighted by Gasteiger charge is 2.39. The lowest BCUT2D eigenvalue weighted by Crippen LogP contribution is -2.51. The Balaban J connectivity index is 1.43. The molecule has 2 amide bonds. The number of rotatable bonds is 3. The fraction of sp³-hybridized carbons (Fsp3) is 0.500. The molecule has 148 valence electrons. The quantitative estimate of drug-likeness (QED) is 0.817. The van der Waals surface area contributed by atoms with Crippen molar-refractivity contribution in [1.29, 1.82) is 0 Å². The van der Waals surface area contributed by atoms with Gasteiger partial charge in [0, 0.05) is 33.1 Å². The third-order valence-electron chi connectivity index (χ3n) is 5.89. The topological polar surface area (TPSA) is 95.7 Å². The van der Waals surface area contributed by atoms with Gasteiger partial charge in [0.1, 0.15) is 0 Å². The lowest BCUT2D eigenvalue weighted by atomic mass is 9.90. The molecular weight excluding hydrogens is 360 g/mol. The number of hydrogen-bond acceptors (Lipinski definition) is 5. The summed E-state index contributed by atoms with van der Waals surface area (Å²) in [6, 6.07) is 7.13. The van der Waals surface area contributed by atoms with Gasteiger partial charge < -0.3 is 14.9 Å². The van der Waals surface area contributed by atoms with Crippen LogP contribution in [0.2, 0.25) is 0 Å². The average Bonchev–Trinajstić information content (AvgIpc) is 3.03. The Labute approximate surface area is 162 Å². The van der Waals surface area contributed by atoms with E-state index in [1.807, 2.05) is 6.07 Å². The van der Waals surface area contributed by atoms with Crippen molar-refractivity contribution in [3.05, 3.63) is 40.9 Å². The second-order valence-corrected chi connectivity index (χ2v) is 7.92. The summed E-state index contributed by atoms with van der Waals surface area (Å²) in [5.41, 5.74) is -0.607. The fourth-order valence-electron chi connectivity index (χ4n) is 4.12. The summed E-state index contributed by atoms with van der Waals surface area (Å²) in [6.45, 7) is 1.44. The first-order chi connectivity index (χ1) is 13.4. The number of carbonyl (C=O) groups is 2. The molecule has 2 saturated heterocycles. The predicted octanol–water partition coefficient (Wildman–Crippen LogP) is 0.228. The second kappa shape index (κ2) is 7.01. The molecule has 0 saturated carbocycles. The SMILES string of the molecule is CN1CC(C(=O)N2CCC(O)(Cn3cnc4ccccc4c3=O)CC2)CC1=O. The molecule has 0 bridgehead atoms. The average molecular weight is 384 g/mol. The molecule has 1 aromatic heterocycles. The van der Waals surface area contributed by atoms with E-state index in [2.05, 4.69) is 4.98 Å². The molecule has 4 rings (SSSR count). The van der Waals surface area contributed by atoms with E-state index in [4.69, 9.17) is 0 Å². The number of aliphatic hydroxyl groups is 1. The van der Waals surface area contributed by atoms with E-state index in [0.717, 1.165) is 0 Å². The first kappa shape index (κ1) is 18.6. The van der Waals surface area contributed by atoms with Crippen LogP contribution in [0.15, 0.2) is 35.4 Å². The third-order valence-corrected chi connectivity index (χ3v) is 5.89. The molecule has 1 unspecified atom stereocenters. The van der Waals surface area contributed by atoms with Gasteiger partial charge in [0.2, 0.25) is 11.8 Å². The van der Waals surface area contributed by atoms with E-state index in [1.54, 1.807) is 35.0 Å². The van der Waals surface area contributed by atoms with Crippen LogP contribution in [-0.4, -0.2) is 68.6 Å². The Hall–Kier alpha value is -2.74. The van der Waals surface area contributed by atoms with Crippen molar-refractivity contribution in [1.82, 2.24) is 19.4 Å². The number of aromatic nitrogens is 2. The number of carbonyl (C=O) groups excluding carboxylic acids is 2. The van der Waals surface area contributed by atoms with Gasteiger partial charge in [-0.2, -0.15) is 0 Å². The number of amides is 2. The van der Waals surface area contributed by atoms with Gasteiger partial charge in [0.05, 0.1) is 35.3 Å². The summed E-state index contributed by atoms with van der Waals surface area (Å²) >= 11 is 0. The van der Waals surface area contributed by atoms with Gasteiger partial charge in [-0.25, -0.2) is 4.98 Å². The van der Waals surface area contributed by atoms with E-state index in [1.165, 1.54) is 10.9 Å². The molecule has 28 heavy (non-hydrogen) atoms. The van der Waals surface area contributed by atoms with Crippen LogP contribution in [0.1, 0.15) is 19.3 Å². The molecule has 0 aliphatic carbocycles. The largest absolute Gasteiger partial charge is 0.388 e. The van der Waals surface area contributed by atoms with Gasteiger partial charge in [0.15, 0.2) is 0 Å². The molecular formula is C20H24N4O4. The van der Waals surface area contributed by atoms with Crippen LogP contribution in [0, 0.1) is 5.92 Å². The van der Waals surface area contributed by atoms with Crippen LogP contribution >= 0.6 is 0 Å². The molecule has 2 aliphatic heterocycles. The molecule has 2 aliphatic rings. The van der Waals surface area contributed by atoms with E-state index in [9.17, 15) is 19.5 Å². The predicted molar refractivity (Wildman–Crippen MR) is 103 cm³/mol. The zero-order valence-corrected chi connectivity index (χ0v) is 15.9. The zero-order chi connectivity index (χ0) is 19.9. The summed E-state index contributed by atoms with van der Waals surface area (Å²) < 4.78 is 1.45. The van der Waals surface area contributed by atoms with Gasteiger partial charge in [-0.05, 0) is 25.0 Å². The maximum absolute atomic E-state index is 12.7. The van der Waals surface area contributed by atoms with Crippen molar-refractivity contribution < 1.29 is 14.7 Å². The van der Waals surface area contributed by atoms with Gasteiger partial charge in [-0.15, -0.1) is 0 Å². The molecule has 0 radical (unpaired) electrons. The molecule has 1 N–H and O–H groups in total. The van der Waals surface area contributed by atoms with Crippen molar-refractivity contribution in [2.45, 2.75) is 31.4 Å². The number of nitrogens with zero attached hydrogens (tertiary/aromatic N) is 4. The lowest BCUT2D eigenvalue weighted by Gasteiger charge is -2.39. The third kappa shape index (κ3) is 3.40. The van der Waals surface area contributed by atoms with Crippen LogP contribution < -0.4 is 5.56 Å². The fourth-order valence-corrected chi connectivity index (χ4v) is 4.12. The molecule has 8 heteroatoms. The summed E-state index contributed by atoms with van der Waals surface area (Å²) in [7, 11) is 1.71.